The molecular formula is C18H21N3O3. The Labute approximate surface area is 140 Å². The largest absolute Gasteiger partial charge is 0.468 e. The second kappa shape index (κ2) is 6.75. The topological polar surface area (TPSA) is 67.6 Å². The van der Waals surface area contributed by atoms with E-state index in [2.05, 4.69) is 15.2 Å². The molecule has 24 heavy (non-hydrogen) atoms. The Bertz CT molecular complexity index is 674. The Morgan fingerprint density at radius 1 is 1.38 bits per heavy atom. The zero-order valence-corrected chi connectivity index (χ0v) is 13.4. The van der Waals surface area contributed by atoms with Gasteiger partial charge in [0, 0.05) is 37.9 Å². The summed E-state index contributed by atoms with van der Waals surface area (Å²) in [5.41, 5.74) is 0.989. The number of pyridine rings is 1. The first-order valence-electron chi connectivity index (χ1n) is 8.38. The standard InChI is InChI=1S/C18H21N3O3/c22-18(20-11-13-3-1-6-19-10-13)17-9-15-16(24-17)5-7-21(15)12-14-4-2-8-23-14/h1-4,6,8,10,15-17H,5,7,9,11-12H2,(H,20,22)/t15-,16-,17-/m0/s1. The predicted octanol–water partition coefficient (Wildman–Crippen LogP) is 1.72. The number of ether oxygens (including phenoxy) is 1. The number of aromatic nitrogens is 1. The molecule has 1 amide bonds. The van der Waals surface area contributed by atoms with Gasteiger partial charge in [0.2, 0.25) is 5.91 Å². The van der Waals surface area contributed by atoms with Crippen LogP contribution in [-0.2, 0) is 22.6 Å². The van der Waals surface area contributed by atoms with Gasteiger partial charge in [-0.15, -0.1) is 0 Å². The average Bonchev–Trinajstić information content (AvgIpc) is 3.32. The number of carbonyl (C=O) groups excluding carboxylic acids is 1. The van der Waals surface area contributed by atoms with Gasteiger partial charge in [0.15, 0.2) is 0 Å². The van der Waals surface area contributed by atoms with Crippen molar-refractivity contribution in [3.63, 3.8) is 0 Å². The molecule has 4 heterocycles. The zero-order chi connectivity index (χ0) is 16.4. The SMILES string of the molecule is O=C(NCc1cccnc1)[C@@H]1C[C@H]2[C@H](CCN2Cc2ccco2)O1. The molecule has 2 aromatic heterocycles. The predicted molar refractivity (Wildman–Crippen MR) is 86.9 cm³/mol. The fourth-order valence-electron chi connectivity index (χ4n) is 3.61. The molecule has 0 unspecified atom stereocenters. The van der Waals surface area contributed by atoms with Crippen LogP contribution in [0.25, 0.3) is 0 Å². The van der Waals surface area contributed by atoms with Crippen molar-refractivity contribution in [1.29, 1.82) is 0 Å². The van der Waals surface area contributed by atoms with E-state index in [1.165, 1.54) is 0 Å². The molecule has 2 fully saturated rings. The Kier molecular flexibility index (Phi) is 4.32. The number of furan rings is 1. The van der Waals surface area contributed by atoms with E-state index in [4.69, 9.17) is 9.15 Å². The number of rotatable bonds is 5. The van der Waals surface area contributed by atoms with Crippen LogP contribution in [0.1, 0.15) is 24.2 Å². The molecule has 2 aliphatic rings. The maximum Gasteiger partial charge on any atom is 0.249 e. The lowest BCUT2D eigenvalue weighted by molar-refractivity contribution is -0.132. The van der Waals surface area contributed by atoms with E-state index in [1.54, 1.807) is 18.7 Å². The minimum Gasteiger partial charge on any atom is -0.468 e. The summed E-state index contributed by atoms with van der Waals surface area (Å²) in [4.78, 5) is 18.8. The number of hydrogen-bond acceptors (Lipinski definition) is 5. The van der Waals surface area contributed by atoms with E-state index in [9.17, 15) is 4.79 Å². The van der Waals surface area contributed by atoms with Crippen LogP contribution in [0.3, 0.4) is 0 Å². The Hall–Kier alpha value is -2.18. The lowest BCUT2D eigenvalue weighted by Crippen LogP contribution is -2.36. The third kappa shape index (κ3) is 3.20. The van der Waals surface area contributed by atoms with Crippen LogP contribution in [0.4, 0.5) is 0 Å². The van der Waals surface area contributed by atoms with Crippen LogP contribution in [0.15, 0.2) is 47.3 Å². The van der Waals surface area contributed by atoms with Crippen molar-refractivity contribution in [2.75, 3.05) is 6.54 Å². The summed E-state index contributed by atoms with van der Waals surface area (Å²) in [6.45, 7) is 2.25. The average molecular weight is 327 g/mol. The maximum atomic E-state index is 12.4. The van der Waals surface area contributed by atoms with E-state index in [-0.39, 0.29) is 18.1 Å². The van der Waals surface area contributed by atoms with Crippen molar-refractivity contribution in [1.82, 2.24) is 15.2 Å². The van der Waals surface area contributed by atoms with Gasteiger partial charge in [-0.1, -0.05) is 6.07 Å². The van der Waals surface area contributed by atoms with Gasteiger partial charge in [-0.3, -0.25) is 14.7 Å². The second-order valence-electron chi connectivity index (χ2n) is 6.38. The van der Waals surface area contributed by atoms with Gasteiger partial charge in [-0.2, -0.15) is 0 Å². The van der Waals surface area contributed by atoms with E-state index in [0.29, 0.717) is 12.6 Å². The van der Waals surface area contributed by atoms with Crippen LogP contribution in [-0.4, -0.2) is 40.6 Å². The highest BCUT2D eigenvalue weighted by Gasteiger charge is 2.45. The van der Waals surface area contributed by atoms with Crippen LogP contribution < -0.4 is 5.32 Å². The van der Waals surface area contributed by atoms with Gasteiger partial charge in [0.05, 0.1) is 18.9 Å². The summed E-state index contributed by atoms with van der Waals surface area (Å²) < 4.78 is 11.4. The van der Waals surface area contributed by atoms with E-state index < -0.39 is 0 Å². The molecule has 0 aliphatic carbocycles. The van der Waals surface area contributed by atoms with E-state index in [1.807, 2.05) is 24.3 Å². The number of nitrogens with zero attached hydrogens (tertiary/aromatic N) is 2. The lowest BCUT2D eigenvalue weighted by Gasteiger charge is -2.21. The van der Waals surface area contributed by atoms with Crippen molar-refractivity contribution in [3.05, 3.63) is 54.2 Å². The van der Waals surface area contributed by atoms with Gasteiger partial charge in [-0.25, -0.2) is 0 Å². The fraction of sp³-hybridized carbons (Fsp3) is 0.444. The lowest BCUT2D eigenvalue weighted by atomic mass is 10.1. The molecule has 6 nitrogen and oxygen atoms in total. The summed E-state index contributed by atoms with van der Waals surface area (Å²) in [6.07, 6.45) is 6.67. The van der Waals surface area contributed by atoms with Crippen molar-refractivity contribution >= 4 is 5.91 Å². The Balaban J connectivity index is 1.31. The number of amides is 1. The van der Waals surface area contributed by atoms with Gasteiger partial charge < -0.3 is 14.5 Å². The van der Waals surface area contributed by atoms with Crippen molar-refractivity contribution in [2.24, 2.45) is 0 Å². The molecule has 2 aromatic rings. The highest BCUT2D eigenvalue weighted by molar-refractivity contribution is 5.81. The highest BCUT2D eigenvalue weighted by atomic mass is 16.5. The molecule has 2 saturated heterocycles. The molecule has 0 bridgehead atoms. The molecule has 3 atom stereocenters. The Morgan fingerprint density at radius 3 is 3.12 bits per heavy atom. The number of fused-ring (bicyclic) bond motifs is 1. The number of likely N-dealkylation sites (tertiary alicyclic amines) is 1. The summed E-state index contributed by atoms with van der Waals surface area (Å²) in [5.74, 6) is 0.923. The number of hydrogen-bond donors (Lipinski definition) is 1. The summed E-state index contributed by atoms with van der Waals surface area (Å²) in [7, 11) is 0. The summed E-state index contributed by atoms with van der Waals surface area (Å²) >= 11 is 0. The van der Waals surface area contributed by atoms with Gasteiger partial charge in [0.25, 0.3) is 0 Å². The highest BCUT2D eigenvalue weighted by Crippen LogP contribution is 2.34. The molecule has 126 valence electrons. The monoisotopic (exact) mass is 327 g/mol. The fourth-order valence-corrected chi connectivity index (χ4v) is 3.61. The van der Waals surface area contributed by atoms with Crippen molar-refractivity contribution < 1.29 is 13.9 Å². The molecule has 0 spiro atoms. The van der Waals surface area contributed by atoms with Crippen LogP contribution in [0, 0.1) is 0 Å². The van der Waals surface area contributed by atoms with Crippen molar-refractivity contribution in [2.45, 2.75) is 44.2 Å². The molecule has 4 rings (SSSR count). The third-order valence-electron chi connectivity index (χ3n) is 4.81. The van der Waals surface area contributed by atoms with Gasteiger partial charge >= 0.3 is 0 Å². The van der Waals surface area contributed by atoms with Crippen molar-refractivity contribution in [3.8, 4) is 0 Å². The molecule has 2 aliphatic heterocycles. The third-order valence-corrected chi connectivity index (χ3v) is 4.81. The number of carbonyl (C=O) groups is 1. The molecule has 1 N–H and O–H groups in total. The maximum absolute atomic E-state index is 12.4. The molecule has 6 heteroatoms. The van der Waals surface area contributed by atoms with Gasteiger partial charge in [-0.05, 0) is 30.2 Å². The summed E-state index contributed by atoms with van der Waals surface area (Å²) in [5, 5.41) is 2.95. The van der Waals surface area contributed by atoms with Crippen LogP contribution in [0.2, 0.25) is 0 Å². The first kappa shape index (κ1) is 15.4. The minimum atomic E-state index is -0.365. The molecule has 0 saturated carbocycles. The zero-order valence-electron chi connectivity index (χ0n) is 13.4. The first-order valence-corrected chi connectivity index (χ1v) is 8.38. The summed E-state index contributed by atoms with van der Waals surface area (Å²) in [6, 6.07) is 8.00. The second-order valence-corrected chi connectivity index (χ2v) is 6.38. The molecular weight excluding hydrogens is 306 g/mol. The van der Waals surface area contributed by atoms with E-state index >= 15 is 0 Å². The quantitative estimate of drug-likeness (QED) is 0.906. The Morgan fingerprint density at radius 2 is 2.33 bits per heavy atom. The number of nitrogens with one attached hydrogen (secondary N) is 1. The minimum absolute atomic E-state index is 0.0359. The van der Waals surface area contributed by atoms with E-state index in [0.717, 1.165) is 37.3 Å². The smallest absolute Gasteiger partial charge is 0.249 e. The van der Waals surface area contributed by atoms with Crippen LogP contribution >= 0.6 is 0 Å². The normalized spacial score (nSPS) is 26.4. The molecule has 0 radical (unpaired) electrons. The first-order chi connectivity index (χ1) is 11.8. The van der Waals surface area contributed by atoms with Gasteiger partial charge in [0.1, 0.15) is 11.9 Å². The van der Waals surface area contributed by atoms with Crippen LogP contribution in [0.5, 0.6) is 0 Å². The molecule has 0 aromatic carbocycles.